The van der Waals surface area contributed by atoms with E-state index in [4.69, 9.17) is 4.74 Å². The van der Waals surface area contributed by atoms with Crippen LogP contribution in [0.15, 0.2) is 6.20 Å². The normalized spacial score (nSPS) is 11.6. The quantitative estimate of drug-likeness (QED) is 0.680. The van der Waals surface area contributed by atoms with Crippen molar-refractivity contribution in [1.29, 1.82) is 0 Å². The second-order valence-corrected chi connectivity index (χ2v) is 5.73. The molecule has 0 unspecified atom stereocenters. The van der Waals surface area contributed by atoms with Gasteiger partial charge in [-0.15, -0.1) is 0 Å². The Morgan fingerprint density at radius 1 is 1.53 bits per heavy atom. The van der Waals surface area contributed by atoms with E-state index in [0.717, 1.165) is 17.5 Å². The van der Waals surface area contributed by atoms with E-state index in [-0.39, 0.29) is 0 Å². The summed E-state index contributed by atoms with van der Waals surface area (Å²) in [5.41, 5.74) is 0.0132. The first kappa shape index (κ1) is 15.1. The molecule has 0 aromatic carbocycles. The molecular weight excluding hydrogens is 270 g/mol. The molecule has 7 nitrogen and oxygen atoms in total. The summed E-state index contributed by atoms with van der Waals surface area (Å²) in [7, 11) is 0. The molecule has 0 bridgehead atoms. The Hall–Kier alpha value is -1.96. The molecule has 1 heterocycles. The third kappa shape index (κ3) is 5.47. The van der Waals surface area contributed by atoms with E-state index >= 15 is 0 Å². The Morgan fingerprint density at radius 2 is 2.16 bits per heavy atom. The highest BCUT2D eigenvalue weighted by Gasteiger charge is 2.17. The first-order chi connectivity index (χ1) is 8.67. The lowest BCUT2D eigenvalue weighted by Gasteiger charge is -2.18. The molecule has 8 heteroatoms. The number of carbonyl (C=O) groups excluding carboxylic acids is 1. The molecule has 1 amide bonds. The summed E-state index contributed by atoms with van der Waals surface area (Å²) in [5.74, 6) is 0. The highest BCUT2D eigenvalue weighted by molar-refractivity contribution is 7.16. The van der Waals surface area contributed by atoms with E-state index < -0.39 is 16.6 Å². The summed E-state index contributed by atoms with van der Waals surface area (Å²) in [5, 5.41) is 13.1. The van der Waals surface area contributed by atoms with Crippen molar-refractivity contribution >= 4 is 28.6 Å². The zero-order chi connectivity index (χ0) is 14.6. The topological polar surface area (TPSA) is 94.4 Å². The van der Waals surface area contributed by atoms with Crippen molar-refractivity contribution in [3.05, 3.63) is 26.9 Å². The fourth-order valence-electron chi connectivity index (χ4n) is 1.14. The van der Waals surface area contributed by atoms with Crippen LogP contribution < -0.4 is 5.32 Å². The predicted octanol–water partition coefficient (Wildman–Crippen LogP) is 3.05. The highest BCUT2D eigenvalue weighted by atomic mass is 32.1. The zero-order valence-electron chi connectivity index (χ0n) is 11.1. The number of amides is 1. The summed E-state index contributed by atoms with van der Waals surface area (Å²) in [6.07, 6.45) is 1.57. The van der Waals surface area contributed by atoms with Crippen LogP contribution in [-0.2, 0) is 4.74 Å². The second-order valence-electron chi connectivity index (χ2n) is 4.70. The van der Waals surface area contributed by atoms with Crippen molar-refractivity contribution in [3.8, 4) is 0 Å². The van der Waals surface area contributed by atoms with Gasteiger partial charge in [-0.2, -0.15) is 0 Å². The number of hydrogen-bond donors (Lipinski definition) is 1. The van der Waals surface area contributed by atoms with Crippen molar-refractivity contribution < 1.29 is 14.5 Å². The first-order valence-corrected chi connectivity index (χ1v) is 6.28. The molecule has 0 radical (unpaired) electrons. The predicted molar refractivity (Wildman–Crippen MR) is 72.7 cm³/mol. The zero-order valence-corrected chi connectivity index (χ0v) is 11.9. The number of hydrogen-bond acceptors (Lipinski definition) is 6. The van der Waals surface area contributed by atoms with Crippen molar-refractivity contribution in [1.82, 2.24) is 4.98 Å². The number of thiazole rings is 1. The van der Waals surface area contributed by atoms with Crippen molar-refractivity contribution in [2.45, 2.75) is 33.3 Å². The summed E-state index contributed by atoms with van der Waals surface area (Å²) in [6, 6.07) is 0. The maximum atomic E-state index is 11.5. The monoisotopic (exact) mass is 285 g/mol. The Balaban J connectivity index is 2.74. The van der Waals surface area contributed by atoms with Crippen molar-refractivity contribution in [2.75, 3.05) is 5.32 Å². The van der Waals surface area contributed by atoms with E-state index in [1.165, 1.54) is 6.08 Å². The molecule has 0 aliphatic carbocycles. The number of carbonyl (C=O) groups is 1. The second kappa shape index (κ2) is 5.79. The molecule has 1 N–H and O–H groups in total. The molecule has 1 aromatic heterocycles. The molecule has 0 aliphatic heterocycles. The van der Waals surface area contributed by atoms with E-state index in [9.17, 15) is 14.9 Å². The summed E-state index contributed by atoms with van der Waals surface area (Å²) >= 11 is 1.14. The van der Waals surface area contributed by atoms with Crippen LogP contribution in [0.25, 0.3) is 6.08 Å². The number of aryl methyl sites for hydroxylation is 1. The van der Waals surface area contributed by atoms with Gasteiger partial charge in [-0.1, -0.05) is 11.3 Å². The van der Waals surface area contributed by atoms with Crippen LogP contribution in [0, 0.1) is 17.0 Å². The smallest absolute Gasteiger partial charge is 0.413 e. The number of ether oxygens (including phenoxy) is 1. The van der Waals surface area contributed by atoms with Gasteiger partial charge in [0.1, 0.15) is 5.60 Å². The molecule has 1 aromatic rings. The molecule has 1 rings (SSSR count). The number of rotatable bonds is 3. The first-order valence-electron chi connectivity index (χ1n) is 5.46. The lowest BCUT2D eigenvalue weighted by atomic mass is 10.2. The van der Waals surface area contributed by atoms with E-state index in [0.29, 0.717) is 15.7 Å². The van der Waals surface area contributed by atoms with Gasteiger partial charge in [-0.25, -0.2) is 9.78 Å². The molecule has 0 atom stereocenters. The number of nitrogens with one attached hydrogen (secondary N) is 1. The van der Waals surface area contributed by atoms with Gasteiger partial charge in [0.25, 0.3) is 0 Å². The summed E-state index contributed by atoms with van der Waals surface area (Å²) < 4.78 is 5.08. The van der Waals surface area contributed by atoms with Gasteiger partial charge in [-0.05, 0) is 27.7 Å². The van der Waals surface area contributed by atoms with E-state index in [1.807, 2.05) is 0 Å². The summed E-state index contributed by atoms with van der Waals surface area (Å²) in [4.78, 5) is 25.9. The largest absolute Gasteiger partial charge is 0.444 e. The lowest BCUT2D eigenvalue weighted by Crippen LogP contribution is -2.27. The Kier molecular flexibility index (Phi) is 4.60. The lowest BCUT2D eigenvalue weighted by molar-refractivity contribution is -0.400. The average molecular weight is 285 g/mol. The van der Waals surface area contributed by atoms with Crippen molar-refractivity contribution in [2.24, 2.45) is 0 Å². The minimum absolute atomic E-state index is 0.342. The van der Waals surface area contributed by atoms with Crippen molar-refractivity contribution in [3.63, 3.8) is 0 Å². The Bertz CT molecular complexity index is 517. The molecule has 104 valence electrons. The average Bonchev–Trinajstić information content (AvgIpc) is 2.52. The minimum atomic E-state index is -0.606. The highest BCUT2D eigenvalue weighted by Crippen LogP contribution is 2.24. The van der Waals surface area contributed by atoms with Crippen LogP contribution >= 0.6 is 11.3 Å². The number of nitro groups is 1. The fourth-order valence-corrected chi connectivity index (χ4v) is 1.98. The van der Waals surface area contributed by atoms with Gasteiger partial charge in [0, 0.05) is 6.08 Å². The summed E-state index contributed by atoms with van der Waals surface area (Å²) in [6.45, 7) is 6.97. The molecular formula is C11H15N3O4S. The number of anilines is 1. The van der Waals surface area contributed by atoms with Gasteiger partial charge >= 0.3 is 6.09 Å². The van der Waals surface area contributed by atoms with Gasteiger partial charge < -0.3 is 4.74 Å². The van der Waals surface area contributed by atoms with Crippen LogP contribution in [0.5, 0.6) is 0 Å². The third-order valence-corrected chi connectivity index (χ3v) is 2.83. The Morgan fingerprint density at radius 3 is 2.68 bits per heavy atom. The van der Waals surface area contributed by atoms with Gasteiger partial charge in [0.15, 0.2) is 5.13 Å². The minimum Gasteiger partial charge on any atom is -0.444 e. The van der Waals surface area contributed by atoms with Gasteiger partial charge in [-0.3, -0.25) is 15.4 Å². The number of nitrogens with zero attached hydrogens (tertiary/aromatic N) is 2. The fraction of sp³-hybridized carbons (Fsp3) is 0.455. The molecule has 19 heavy (non-hydrogen) atoms. The molecule has 0 aliphatic rings. The maximum absolute atomic E-state index is 11.5. The Labute approximate surface area is 114 Å². The van der Waals surface area contributed by atoms with E-state index in [2.05, 4.69) is 10.3 Å². The van der Waals surface area contributed by atoms with E-state index in [1.54, 1.807) is 27.7 Å². The van der Waals surface area contributed by atoms with Crippen LogP contribution in [0.3, 0.4) is 0 Å². The van der Waals surface area contributed by atoms with Crippen LogP contribution in [-0.4, -0.2) is 21.6 Å². The third-order valence-electron chi connectivity index (χ3n) is 1.79. The van der Waals surface area contributed by atoms with Crippen LogP contribution in [0.1, 0.15) is 31.3 Å². The van der Waals surface area contributed by atoms with Crippen LogP contribution in [0.2, 0.25) is 0 Å². The standard InChI is InChI=1S/C11H15N3O4S/c1-7-8(5-6-14(16)17)19-9(12-7)13-10(15)18-11(2,3)4/h5-6H,1-4H3,(H,12,13,15)/b6-5+. The molecule has 0 saturated carbocycles. The van der Waals surface area contributed by atoms with Gasteiger partial charge in [0.2, 0.25) is 6.20 Å². The van der Waals surface area contributed by atoms with Crippen LogP contribution in [0.4, 0.5) is 9.93 Å². The number of aromatic nitrogens is 1. The molecule has 0 spiro atoms. The maximum Gasteiger partial charge on any atom is 0.413 e. The SMILES string of the molecule is Cc1nc(NC(=O)OC(C)(C)C)sc1/C=C/[N+](=O)[O-]. The molecule has 0 fully saturated rings. The van der Waals surface area contributed by atoms with Gasteiger partial charge in [0.05, 0.1) is 15.5 Å². The molecule has 0 saturated heterocycles.